The van der Waals surface area contributed by atoms with E-state index >= 15 is 0 Å². The third-order valence-corrected chi connectivity index (χ3v) is 6.13. The smallest absolute Gasteiger partial charge is 0.174 e. The van der Waals surface area contributed by atoms with Gasteiger partial charge in [0.2, 0.25) is 0 Å². The molecule has 0 aliphatic carbocycles. The number of anilines is 1. The van der Waals surface area contributed by atoms with E-state index in [0.717, 1.165) is 4.34 Å². The first-order valence-corrected chi connectivity index (χ1v) is 9.96. The highest BCUT2D eigenvalue weighted by atomic mass is 35.5. The number of rotatable bonds is 5. The minimum absolute atomic E-state index is 0.229. The quantitative estimate of drug-likeness (QED) is 0.482. The molecule has 27 heavy (non-hydrogen) atoms. The third kappa shape index (κ3) is 3.66. The van der Waals surface area contributed by atoms with Crippen molar-refractivity contribution in [1.82, 2.24) is 25.0 Å². The van der Waals surface area contributed by atoms with Crippen LogP contribution in [-0.4, -0.2) is 25.0 Å². The summed E-state index contributed by atoms with van der Waals surface area (Å²) in [5.74, 6) is 1.06. The summed E-state index contributed by atoms with van der Waals surface area (Å²) in [6, 6.07) is 10.1. The Hall–Kier alpha value is -2.49. The maximum atomic E-state index is 13.7. The van der Waals surface area contributed by atoms with Crippen LogP contribution < -0.4 is 5.73 Å². The summed E-state index contributed by atoms with van der Waals surface area (Å²) in [6.07, 6.45) is 3.22. The minimum Gasteiger partial charge on any atom is -0.383 e. The van der Waals surface area contributed by atoms with Crippen molar-refractivity contribution in [2.75, 3.05) is 5.73 Å². The zero-order valence-electron chi connectivity index (χ0n) is 13.7. The highest BCUT2D eigenvalue weighted by Crippen LogP contribution is 2.35. The molecule has 0 unspecified atom stereocenters. The number of halogens is 2. The number of aromatic nitrogens is 5. The van der Waals surface area contributed by atoms with Crippen molar-refractivity contribution in [3.05, 3.63) is 65.2 Å². The number of nitrogens with zero attached hydrogens (tertiary/aromatic N) is 5. The molecule has 2 N–H and O–H groups in total. The number of hydrogen-bond donors (Lipinski definition) is 1. The zero-order chi connectivity index (χ0) is 18.8. The van der Waals surface area contributed by atoms with E-state index in [-0.39, 0.29) is 5.82 Å². The van der Waals surface area contributed by atoms with Gasteiger partial charge in [-0.05, 0) is 23.8 Å². The lowest BCUT2D eigenvalue weighted by atomic mass is 10.2. The lowest BCUT2D eigenvalue weighted by molar-refractivity contribution is 0.617. The molecule has 3 aromatic heterocycles. The molecule has 0 spiro atoms. The highest BCUT2D eigenvalue weighted by molar-refractivity contribution is 8.00. The normalized spacial score (nSPS) is 11.0. The fourth-order valence-corrected chi connectivity index (χ4v) is 4.41. The van der Waals surface area contributed by atoms with Crippen LogP contribution in [-0.2, 0) is 5.75 Å². The second-order valence-electron chi connectivity index (χ2n) is 5.42. The van der Waals surface area contributed by atoms with Gasteiger partial charge in [0.25, 0.3) is 0 Å². The number of pyridine rings is 1. The van der Waals surface area contributed by atoms with E-state index in [1.165, 1.54) is 33.8 Å². The summed E-state index contributed by atoms with van der Waals surface area (Å²) in [5.41, 5.74) is 7.48. The third-order valence-electron chi connectivity index (χ3n) is 3.69. The summed E-state index contributed by atoms with van der Waals surface area (Å²) in [4.78, 5) is 4.21. The summed E-state index contributed by atoms with van der Waals surface area (Å²) in [5, 5.41) is 13.7. The van der Waals surface area contributed by atoms with Gasteiger partial charge in [-0.15, -0.1) is 10.2 Å². The van der Waals surface area contributed by atoms with Gasteiger partial charge in [0.15, 0.2) is 15.2 Å². The van der Waals surface area contributed by atoms with E-state index in [1.54, 1.807) is 36.7 Å². The number of nitrogen functional groups attached to an aromatic ring is 1. The first-order valence-electron chi connectivity index (χ1n) is 7.78. The van der Waals surface area contributed by atoms with Crippen LogP contribution in [0.5, 0.6) is 0 Å². The van der Waals surface area contributed by atoms with Crippen molar-refractivity contribution >= 4 is 40.5 Å². The van der Waals surface area contributed by atoms with Crippen LogP contribution in [0.3, 0.4) is 0 Å². The van der Waals surface area contributed by atoms with Crippen LogP contribution in [0.1, 0.15) is 5.56 Å². The molecule has 0 amide bonds. The van der Waals surface area contributed by atoms with Crippen LogP contribution in [0.4, 0.5) is 10.2 Å². The van der Waals surface area contributed by atoms with Crippen LogP contribution in [0.2, 0.25) is 5.02 Å². The predicted octanol–water partition coefficient (Wildman–Crippen LogP) is 4.45. The van der Waals surface area contributed by atoms with Gasteiger partial charge in [-0.3, -0.25) is 0 Å². The Balaban J connectivity index is 1.56. The summed E-state index contributed by atoms with van der Waals surface area (Å²) in [7, 11) is 0. The van der Waals surface area contributed by atoms with Crippen LogP contribution in [0, 0.1) is 5.82 Å². The van der Waals surface area contributed by atoms with Crippen LogP contribution >= 0.6 is 34.7 Å². The Morgan fingerprint density at radius 3 is 2.85 bits per heavy atom. The molecule has 4 aromatic rings. The maximum absolute atomic E-state index is 13.7. The molecule has 0 aliphatic rings. The van der Waals surface area contributed by atoms with E-state index < -0.39 is 0 Å². The lowest BCUT2D eigenvalue weighted by Gasteiger charge is -2.04. The molecule has 0 radical (unpaired) electrons. The second-order valence-corrected chi connectivity index (χ2v) is 8.02. The Labute approximate surface area is 167 Å². The number of thioether (sulfide) groups is 1. The average molecular weight is 419 g/mol. The predicted molar refractivity (Wildman–Crippen MR) is 106 cm³/mol. The Morgan fingerprint density at radius 2 is 2.04 bits per heavy atom. The van der Waals surface area contributed by atoms with Gasteiger partial charge >= 0.3 is 0 Å². The molecule has 3 heterocycles. The molecule has 0 atom stereocenters. The van der Waals surface area contributed by atoms with Gasteiger partial charge in [0, 0.05) is 11.9 Å². The monoisotopic (exact) mass is 418 g/mol. The summed E-state index contributed by atoms with van der Waals surface area (Å²) >= 11 is 8.95. The molecule has 136 valence electrons. The Morgan fingerprint density at radius 1 is 1.19 bits per heavy atom. The average Bonchev–Trinajstić information content (AvgIpc) is 3.28. The molecule has 10 heteroatoms. The van der Waals surface area contributed by atoms with Crippen molar-refractivity contribution in [1.29, 1.82) is 0 Å². The SMILES string of the molecule is Nc1c(-c2nnc(SCc3ccccc3F)s2)cnn1-c1ncccc1Cl. The number of hydrogen-bond acceptors (Lipinski definition) is 7. The fraction of sp³-hybridized carbons (Fsp3) is 0.0588. The number of benzene rings is 1. The van der Waals surface area contributed by atoms with Gasteiger partial charge in [-0.1, -0.05) is 52.9 Å². The molecule has 1 aromatic carbocycles. The molecule has 0 saturated carbocycles. The van der Waals surface area contributed by atoms with Crippen LogP contribution in [0.15, 0.2) is 53.1 Å². The molecule has 4 rings (SSSR count). The molecule has 0 aliphatic heterocycles. The van der Waals surface area contributed by atoms with Gasteiger partial charge in [-0.2, -0.15) is 9.78 Å². The summed E-state index contributed by atoms with van der Waals surface area (Å²) in [6.45, 7) is 0. The van der Waals surface area contributed by atoms with E-state index in [4.69, 9.17) is 17.3 Å². The van der Waals surface area contributed by atoms with Crippen molar-refractivity contribution in [2.45, 2.75) is 10.1 Å². The largest absolute Gasteiger partial charge is 0.383 e. The molecule has 0 fully saturated rings. The molecular weight excluding hydrogens is 407 g/mol. The standard InChI is InChI=1S/C17H12ClFN6S2/c18-12-5-3-7-21-15(12)25-14(20)11(8-22-25)16-23-24-17(27-16)26-9-10-4-1-2-6-13(10)19/h1-8H,9,20H2. The Kier molecular flexibility index (Phi) is 5.06. The van der Waals surface area contributed by atoms with Gasteiger partial charge in [0.05, 0.1) is 16.8 Å². The molecule has 6 nitrogen and oxygen atoms in total. The van der Waals surface area contributed by atoms with Crippen LogP contribution in [0.25, 0.3) is 16.4 Å². The van der Waals surface area contributed by atoms with E-state index in [9.17, 15) is 4.39 Å². The Bertz CT molecular complexity index is 1100. The minimum atomic E-state index is -0.229. The van der Waals surface area contributed by atoms with Crippen molar-refractivity contribution in [3.63, 3.8) is 0 Å². The topological polar surface area (TPSA) is 82.5 Å². The maximum Gasteiger partial charge on any atom is 0.174 e. The first-order chi connectivity index (χ1) is 13.1. The summed E-state index contributed by atoms with van der Waals surface area (Å²) < 4.78 is 15.9. The van der Waals surface area contributed by atoms with E-state index in [1.807, 2.05) is 6.07 Å². The number of nitrogens with two attached hydrogens (primary N) is 1. The molecular formula is C17H12ClFN6S2. The van der Waals surface area contributed by atoms with Crippen molar-refractivity contribution < 1.29 is 4.39 Å². The fourth-order valence-electron chi connectivity index (χ4n) is 2.36. The highest BCUT2D eigenvalue weighted by Gasteiger charge is 2.17. The van der Waals surface area contributed by atoms with Gasteiger partial charge in [-0.25, -0.2) is 9.37 Å². The van der Waals surface area contributed by atoms with Crippen molar-refractivity contribution in [2.24, 2.45) is 0 Å². The van der Waals surface area contributed by atoms with Gasteiger partial charge < -0.3 is 5.73 Å². The first kappa shape index (κ1) is 17.9. The van der Waals surface area contributed by atoms with Crippen molar-refractivity contribution in [3.8, 4) is 16.4 Å². The van der Waals surface area contributed by atoms with Gasteiger partial charge in [0.1, 0.15) is 11.6 Å². The lowest BCUT2D eigenvalue weighted by Crippen LogP contribution is -2.04. The van der Waals surface area contributed by atoms with E-state index in [2.05, 4.69) is 20.3 Å². The molecule has 0 bridgehead atoms. The molecule has 0 saturated heterocycles. The van der Waals surface area contributed by atoms with E-state index in [0.29, 0.717) is 38.5 Å². The zero-order valence-corrected chi connectivity index (χ0v) is 16.1. The second kappa shape index (κ2) is 7.63.